The molecule has 0 saturated carbocycles. The number of fused-ring (bicyclic) bond motifs is 1. The lowest BCUT2D eigenvalue weighted by atomic mass is 9.70. The van der Waals surface area contributed by atoms with Crippen LogP contribution in [-0.4, -0.2) is 67.8 Å². The molecular weight excluding hydrogens is 496 g/mol. The molecule has 0 spiro atoms. The molecule has 0 saturated heterocycles. The molecule has 1 aliphatic carbocycles. The fourth-order valence-corrected chi connectivity index (χ4v) is 4.76. The molecule has 1 aliphatic rings. The quantitative estimate of drug-likeness (QED) is 0.396. The molecule has 2 aromatic carbocycles. The highest BCUT2D eigenvalue weighted by molar-refractivity contribution is 6.03. The SMILES string of the molecule is CCOC(=O)C1=Cc2c(OC)cc(OC)c(OC)c2[C@@H](c2cc(OC)c(OC)cc2OC)[C@@H]1C(=O)OCC. The monoisotopic (exact) mass is 530 g/mol. The summed E-state index contributed by atoms with van der Waals surface area (Å²) in [6.45, 7) is 3.61. The van der Waals surface area contributed by atoms with Crippen LogP contribution in [0.2, 0.25) is 0 Å². The van der Waals surface area contributed by atoms with Gasteiger partial charge in [0, 0.05) is 34.7 Å². The van der Waals surface area contributed by atoms with Gasteiger partial charge in [0.2, 0.25) is 0 Å². The summed E-state index contributed by atoms with van der Waals surface area (Å²) >= 11 is 0. The van der Waals surface area contributed by atoms with Crippen molar-refractivity contribution in [1.82, 2.24) is 0 Å². The molecule has 0 radical (unpaired) electrons. The Bertz CT molecular complexity index is 1220. The van der Waals surface area contributed by atoms with Gasteiger partial charge in [0.15, 0.2) is 23.0 Å². The van der Waals surface area contributed by atoms with Crippen molar-refractivity contribution < 1.29 is 47.5 Å². The van der Waals surface area contributed by atoms with E-state index in [0.29, 0.717) is 51.2 Å². The van der Waals surface area contributed by atoms with Crippen LogP contribution in [0.3, 0.4) is 0 Å². The number of rotatable bonds is 11. The van der Waals surface area contributed by atoms with E-state index in [1.807, 2.05) is 0 Å². The third-order valence-corrected chi connectivity index (χ3v) is 6.33. The van der Waals surface area contributed by atoms with Gasteiger partial charge in [-0.25, -0.2) is 4.79 Å². The molecule has 0 N–H and O–H groups in total. The van der Waals surface area contributed by atoms with Crippen LogP contribution in [0.5, 0.6) is 34.5 Å². The Balaban J connectivity index is 2.54. The maximum atomic E-state index is 13.6. The Labute approximate surface area is 222 Å². The first-order valence-corrected chi connectivity index (χ1v) is 12.0. The molecule has 2 aromatic rings. The molecule has 2 atom stereocenters. The highest BCUT2D eigenvalue weighted by atomic mass is 16.5. The number of hydrogen-bond acceptors (Lipinski definition) is 10. The van der Waals surface area contributed by atoms with Gasteiger partial charge in [0.25, 0.3) is 0 Å². The summed E-state index contributed by atoms with van der Waals surface area (Å²) in [6.07, 6.45) is 1.58. The summed E-state index contributed by atoms with van der Waals surface area (Å²) in [6, 6.07) is 5.02. The molecule has 38 heavy (non-hydrogen) atoms. The van der Waals surface area contributed by atoms with Gasteiger partial charge in [-0.2, -0.15) is 0 Å². The van der Waals surface area contributed by atoms with E-state index in [9.17, 15) is 9.59 Å². The molecule has 0 aliphatic heterocycles. The van der Waals surface area contributed by atoms with Gasteiger partial charge < -0.3 is 37.9 Å². The average Bonchev–Trinajstić information content (AvgIpc) is 2.94. The highest BCUT2D eigenvalue weighted by Gasteiger charge is 2.46. The minimum Gasteiger partial charge on any atom is -0.496 e. The molecule has 3 rings (SSSR count). The van der Waals surface area contributed by atoms with Gasteiger partial charge in [0.1, 0.15) is 17.4 Å². The molecule has 10 nitrogen and oxygen atoms in total. The number of benzene rings is 2. The normalized spacial score (nSPS) is 15.9. The predicted molar refractivity (Wildman–Crippen MR) is 139 cm³/mol. The van der Waals surface area contributed by atoms with Crippen molar-refractivity contribution in [1.29, 1.82) is 0 Å². The van der Waals surface area contributed by atoms with Crippen LogP contribution in [0, 0.1) is 5.92 Å². The van der Waals surface area contributed by atoms with Crippen molar-refractivity contribution in [2.45, 2.75) is 19.8 Å². The number of carbonyl (C=O) groups is 2. The van der Waals surface area contributed by atoms with Gasteiger partial charge >= 0.3 is 11.9 Å². The summed E-state index contributed by atoms with van der Waals surface area (Å²) in [5.74, 6) is -0.904. The van der Waals surface area contributed by atoms with E-state index in [1.165, 1.54) is 42.7 Å². The molecule has 0 bridgehead atoms. The number of carbonyl (C=O) groups excluding carboxylic acids is 2. The van der Waals surface area contributed by atoms with Crippen molar-refractivity contribution in [3.63, 3.8) is 0 Å². The lowest BCUT2D eigenvalue weighted by Gasteiger charge is -2.35. The molecular formula is C28H34O10. The summed E-state index contributed by atoms with van der Waals surface area (Å²) < 4.78 is 44.7. The van der Waals surface area contributed by atoms with Crippen LogP contribution >= 0.6 is 0 Å². The lowest BCUT2D eigenvalue weighted by Crippen LogP contribution is -2.34. The lowest BCUT2D eigenvalue weighted by molar-refractivity contribution is -0.150. The Morgan fingerprint density at radius 1 is 0.684 bits per heavy atom. The van der Waals surface area contributed by atoms with Gasteiger partial charge in [-0.1, -0.05) is 0 Å². The van der Waals surface area contributed by atoms with E-state index in [1.54, 1.807) is 38.1 Å². The van der Waals surface area contributed by atoms with Crippen LogP contribution in [-0.2, 0) is 19.1 Å². The maximum absolute atomic E-state index is 13.6. The second-order valence-corrected chi connectivity index (χ2v) is 8.12. The Morgan fingerprint density at radius 2 is 1.24 bits per heavy atom. The zero-order valence-corrected chi connectivity index (χ0v) is 23.0. The van der Waals surface area contributed by atoms with E-state index in [-0.39, 0.29) is 18.8 Å². The number of methoxy groups -OCH3 is 6. The molecule has 0 aromatic heterocycles. The number of hydrogen-bond donors (Lipinski definition) is 0. The number of ether oxygens (including phenoxy) is 8. The van der Waals surface area contributed by atoms with Gasteiger partial charge in [-0.15, -0.1) is 0 Å². The Morgan fingerprint density at radius 3 is 1.76 bits per heavy atom. The van der Waals surface area contributed by atoms with Crippen molar-refractivity contribution in [3.8, 4) is 34.5 Å². The van der Waals surface area contributed by atoms with Crippen molar-refractivity contribution >= 4 is 18.0 Å². The summed E-state index contributed by atoms with van der Waals surface area (Å²) in [5.41, 5.74) is 1.69. The summed E-state index contributed by atoms with van der Waals surface area (Å²) in [4.78, 5) is 26.9. The predicted octanol–water partition coefficient (Wildman–Crippen LogP) is 4.01. The second-order valence-electron chi connectivity index (χ2n) is 8.12. The van der Waals surface area contributed by atoms with Crippen LogP contribution in [0.4, 0.5) is 0 Å². The third-order valence-electron chi connectivity index (χ3n) is 6.33. The van der Waals surface area contributed by atoms with E-state index < -0.39 is 23.8 Å². The Kier molecular flexibility index (Phi) is 9.33. The molecule has 10 heteroatoms. The minimum absolute atomic E-state index is 0.102. The van der Waals surface area contributed by atoms with Gasteiger partial charge in [-0.05, 0) is 26.0 Å². The van der Waals surface area contributed by atoms with E-state index in [4.69, 9.17) is 37.9 Å². The first-order chi connectivity index (χ1) is 18.3. The molecule has 0 fully saturated rings. The largest absolute Gasteiger partial charge is 0.496 e. The smallest absolute Gasteiger partial charge is 0.334 e. The number of esters is 2. The van der Waals surface area contributed by atoms with E-state index in [0.717, 1.165) is 0 Å². The Hall–Kier alpha value is -4.08. The highest BCUT2D eigenvalue weighted by Crippen LogP contribution is 2.55. The molecule has 0 unspecified atom stereocenters. The molecule has 0 heterocycles. The van der Waals surface area contributed by atoms with Crippen molar-refractivity contribution in [3.05, 3.63) is 40.5 Å². The van der Waals surface area contributed by atoms with Crippen molar-refractivity contribution in [2.24, 2.45) is 5.92 Å². The first kappa shape index (κ1) is 28.5. The first-order valence-electron chi connectivity index (χ1n) is 12.0. The minimum atomic E-state index is -1.13. The average molecular weight is 531 g/mol. The fourth-order valence-electron chi connectivity index (χ4n) is 4.76. The second kappa shape index (κ2) is 12.4. The summed E-state index contributed by atoms with van der Waals surface area (Å²) in [7, 11) is 9.01. The molecule has 206 valence electrons. The van der Waals surface area contributed by atoms with Crippen LogP contribution in [0.15, 0.2) is 23.8 Å². The van der Waals surface area contributed by atoms with Gasteiger partial charge in [-0.3, -0.25) is 4.79 Å². The molecule has 0 amide bonds. The van der Waals surface area contributed by atoms with Gasteiger partial charge in [0.05, 0.1) is 61.4 Å². The van der Waals surface area contributed by atoms with E-state index >= 15 is 0 Å². The van der Waals surface area contributed by atoms with Crippen LogP contribution in [0.25, 0.3) is 6.08 Å². The van der Waals surface area contributed by atoms with E-state index in [2.05, 4.69) is 0 Å². The topological polar surface area (TPSA) is 108 Å². The zero-order chi connectivity index (χ0) is 28.0. The van der Waals surface area contributed by atoms with Crippen LogP contribution < -0.4 is 28.4 Å². The van der Waals surface area contributed by atoms with Crippen molar-refractivity contribution in [2.75, 3.05) is 55.9 Å². The fraction of sp³-hybridized carbons (Fsp3) is 0.429. The van der Waals surface area contributed by atoms with Crippen LogP contribution in [0.1, 0.15) is 36.5 Å². The standard InChI is InChI=1S/C28H34O10/c1-9-37-27(29)17-11-15-19(32-4)14-22(35-7)26(36-8)24(15)23(25(17)28(30)38-10-2)16-12-20(33-5)21(34-6)13-18(16)31-3/h11-14,23,25H,9-10H2,1-8H3/t23-,25-/m1/s1. The maximum Gasteiger partial charge on any atom is 0.334 e. The zero-order valence-electron chi connectivity index (χ0n) is 23.0. The third kappa shape index (κ3) is 5.03. The summed E-state index contributed by atoms with van der Waals surface area (Å²) in [5, 5.41) is 0.